The topological polar surface area (TPSA) is 245 Å². The summed E-state index contributed by atoms with van der Waals surface area (Å²) in [6.45, 7) is 1.44. The molecule has 0 amide bonds. The molecular weight excluding hydrogens is 532 g/mol. The minimum absolute atomic E-state index is 0. The molecule has 36 heavy (non-hydrogen) atoms. The van der Waals surface area contributed by atoms with Gasteiger partial charge in [0.2, 0.25) is 0 Å². The molecule has 0 spiro atoms. The summed E-state index contributed by atoms with van der Waals surface area (Å²) in [6, 6.07) is 3.98. The maximum Gasteiger partial charge on any atom is 2.00 e. The van der Waals surface area contributed by atoms with Gasteiger partial charge in [-0.05, 0) is 26.2 Å². The van der Waals surface area contributed by atoms with Gasteiger partial charge in [0.15, 0.2) is 5.82 Å². The van der Waals surface area contributed by atoms with Gasteiger partial charge in [-0.2, -0.15) is 11.8 Å². The summed E-state index contributed by atoms with van der Waals surface area (Å²) in [7, 11) is 5.64. The molecule has 0 radical (unpaired) electrons. The summed E-state index contributed by atoms with van der Waals surface area (Å²) in [5, 5.41) is 70.8. The number of nitrogens with one attached hydrogen (secondary N) is 2. The Hall–Kier alpha value is -1.63. The molecule has 0 fully saturated rings. The fraction of sp³-hybridized carbons (Fsp3) is 0.579. The molecule has 1 aromatic rings. The Morgan fingerprint density at radius 1 is 1.11 bits per heavy atom. The molecule has 1 aromatic heterocycles. The second kappa shape index (κ2) is 19.5. The number of nitro groups is 1. The van der Waals surface area contributed by atoms with E-state index in [4.69, 9.17) is 24.8 Å². The molecule has 17 heteroatoms. The van der Waals surface area contributed by atoms with Crippen molar-refractivity contribution in [3.8, 4) is 0 Å². The molecule has 0 unspecified atom stereocenters. The van der Waals surface area contributed by atoms with E-state index in [-0.39, 0.29) is 37.7 Å². The summed E-state index contributed by atoms with van der Waals surface area (Å²) < 4.78 is 5.70. The molecule has 1 rings (SSSR count). The Balaban J connectivity index is 0. The SMILES string of the molecule is CNC(=C[N+](=O)[O-])NCCSCc1ccc(CN(C)C)o1.O=C([O-])[C@@H](O)[C@@H](O)[C@H](O)[C@@H](O)C(=O)[O-].[Ca+2]. The van der Waals surface area contributed by atoms with Crippen LogP contribution in [0.4, 0.5) is 0 Å². The number of hydrogen-bond acceptors (Lipinski definition) is 15. The largest absolute Gasteiger partial charge is 2.00 e. The number of hydrogen-bond donors (Lipinski definition) is 6. The molecule has 0 aliphatic heterocycles. The quantitative estimate of drug-likeness (QED) is 0.0507. The predicted molar refractivity (Wildman–Crippen MR) is 124 cm³/mol. The number of carboxylic acids is 2. The third-order valence-electron chi connectivity index (χ3n) is 3.98. The number of carbonyl (C=O) groups excluding carboxylic acids is 2. The Bertz CT molecular complexity index is 816. The minimum Gasteiger partial charge on any atom is -0.547 e. The van der Waals surface area contributed by atoms with Crippen molar-refractivity contribution in [2.75, 3.05) is 33.4 Å². The fourth-order valence-corrected chi connectivity index (χ4v) is 3.03. The van der Waals surface area contributed by atoms with Crippen LogP contribution in [0, 0.1) is 10.1 Å². The van der Waals surface area contributed by atoms with Crippen molar-refractivity contribution in [2.45, 2.75) is 36.7 Å². The van der Waals surface area contributed by atoms with Gasteiger partial charge in [0.05, 0.1) is 29.2 Å². The van der Waals surface area contributed by atoms with Gasteiger partial charge in [0.1, 0.15) is 35.9 Å². The van der Waals surface area contributed by atoms with E-state index in [0.29, 0.717) is 12.4 Å². The Morgan fingerprint density at radius 3 is 2.03 bits per heavy atom. The average Bonchev–Trinajstić information content (AvgIpc) is 3.22. The van der Waals surface area contributed by atoms with Crippen LogP contribution in [0.2, 0.25) is 0 Å². The van der Waals surface area contributed by atoms with Crippen molar-refractivity contribution in [3.63, 3.8) is 0 Å². The van der Waals surface area contributed by atoms with Crippen LogP contribution in [0.3, 0.4) is 0 Å². The van der Waals surface area contributed by atoms with Crippen LogP contribution in [0.1, 0.15) is 11.5 Å². The molecule has 0 aromatic carbocycles. The fourth-order valence-electron chi connectivity index (χ4n) is 2.28. The van der Waals surface area contributed by atoms with Crippen LogP contribution in [0.15, 0.2) is 28.6 Å². The first kappa shape index (κ1) is 36.5. The number of nitrogens with zero attached hydrogens (tertiary/aromatic N) is 2. The normalized spacial score (nSPS) is 14.4. The Kier molecular flexibility index (Phi) is 19.8. The van der Waals surface area contributed by atoms with E-state index >= 15 is 0 Å². The zero-order valence-electron chi connectivity index (χ0n) is 20.0. The van der Waals surface area contributed by atoms with E-state index in [1.54, 1.807) is 18.8 Å². The van der Waals surface area contributed by atoms with Gasteiger partial charge in [0.25, 0.3) is 6.20 Å². The molecule has 4 atom stereocenters. The van der Waals surface area contributed by atoms with Crippen LogP contribution in [0.25, 0.3) is 0 Å². The standard InChI is InChI=1S/C13H22N4O3S.C6H10O8.Ca/c1-14-13(9-17(18)19)15-6-7-21-10-12-5-4-11(20-12)8-16(2)3;7-1(3(9)5(11)12)2(8)4(10)6(13)14;/h4-5,9,14-15H,6-8,10H2,1-3H3;1-4,7-10H,(H,11,12)(H,13,14);/q;;+2/p-2/t;1-,2-,3-,4+;/m.0./s1. The van der Waals surface area contributed by atoms with Gasteiger partial charge >= 0.3 is 37.7 Å². The van der Waals surface area contributed by atoms with E-state index in [0.717, 1.165) is 35.8 Å². The van der Waals surface area contributed by atoms with Gasteiger partial charge < -0.3 is 60.2 Å². The number of thioether (sulfide) groups is 1. The van der Waals surface area contributed by atoms with Gasteiger partial charge in [-0.25, -0.2) is 0 Å². The smallest absolute Gasteiger partial charge is 0.547 e. The summed E-state index contributed by atoms with van der Waals surface area (Å²) >= 11 is 1.72. The molecule has 0 saturated heterocycles. The average molecular weight is 563 g/mol. The van der Waals surface area contributed by atoms with Crippen molar-refractivity contribution in [2.24, 2.45) is 0 Å². The number of rotatable bonds is 15. The number of aliphatic carboxylic acids is 2. The van der Waals surface area contributed by atoms with Crippen molar-refractivity contribution in [3.05, 3.63) is 45.8 Å². The van der Waals surface area contributed by atoms with Crippen molar-refractivity contribution < 1.29 is 49.6 Å². The molecule has 15 nitrogen and oxygen atoms in total. The molecule has 0 saturated carbocycles. The van der Waals surface area contributed by atoms with Crippen LogP contribution >= 0.6 is 11.8 Å². The number of carboxylic acid groups (broad SMARTS) is 2. The van der Waals surface area contributed by atoms with Gasteiger partial charge in [-0.3, -0.25) is 10.1 Å². The second-order valence-corrected chi connectivity index (χ2v) is 8.28. The van der Waals surface area contributed by atoms with Gasteiger partial charge in [0, 0.05) is 19.3 Å². The van der Waals surface area contributed by atoms with Crippen molar-refractivity contribution in [1.82, 2.24) is 15.5 Å². The Labute approximate surface area is 241 Å². The zero-order chi connectivity index (χ0) is 27.1. The van der Waals surface area contributed by atoms with E-state index in [1.807, 2.05) is 26.2 Å². The molecular formula is C19H30CaN4O11S. The predicted octanol–water partition coefficient (Wildman–Crippen LogP) is -4.99. The maximum absolute atomic E-state index is 10.3. The van der Waals surface area contributed by atoms with Crippen LogP contribution in [-0.4, -0.2) is 138 Å². The van der Waals surface area contributed by atoms with Gasteiger partial charge in [-0.15, -0.1) is 0 Å². The number of furan rings is 1. The van der Waals surface area contributed by atoms with E-state index in [1.165, 1.54) is 0 Å². The molecule has 0 aliphatic rings. The summed E-state index contributed by atoms with van der Waals surface area (Å²) in [5.74, 6) is -0.272. The number of carbonyl (C=O) groups is 2. The van der Waals surface area contributed by atoms with Crippen LogP contribution in [-0.2, 0) is 21.9 Å². The van der Waals surface area contributed by atoms with E-state index in [9.17, 15) is 29.9 Å². The summed E-state index contributed by atoms with van der Waals surface area (Å²) in [5.41, 5.74) is 0. The summed E-state index contributed by atoms with van der Waals surface area (Å²) in [6.07, 6.45) is -8.84. The summed E-state index contributed by atoms with van der Waals surface area (Å²) in [4.78, 5) is 31.8. The van der Waals surface area contributed by atoms with Crippen molar-refractivity contribution >= 4 is 61.4 Å². The van der Waals surface area contributed by atoms with Crippen LogP contribution in [0.5, 0.6) is 0 Å². The third kappa shape index (κ3) is 15.5. The first-order valence-electron chi connectivity index (χ1n) is 10.0. The molecule has 6 N–H and O–H groups in total. The third-order valence-corrected chi connectivity index (χ3v) is 4.96. The number of aliphatic hydroxyl groups excluding tert-OH is 4. The van der Waals surface area contributed by atoms with Gasteiger partial charge in [-0.1, -0.05) is 0 Å². The maximum atomic E-state index is 10.3. The first-order valence-corrected chi connectivity index (χ1v) is 11.2. The van der Waals surface area contributed by atoms with Crippen LogP contribution < -0.4 is 20.8 Å². The van der Waals surface area contributed by atoms with E-state index in [2.05, 4.69) is 15.5 Å². The minimum atomic E-state index is -2.50. The molecule has 0 bridgehead atoms. The molecule has 1 heterocycles. The Morgan fingerprint density at radius 2 is 1.61 bits per heavy atom. The monoisotopic (exact) mass is 562 g/mol. The first-order chi connectivity index (χ1) is 16.3. The second-order valence-electron chi connectivity index (χ2n) is 7.17. The number of aliphatic hydroxyl groups is 4. The zero-order valence-corrected chi connectivity index (χ0v) is 23.1. The van der Waals surface area contributed by atoms with Crippen molar-refractivity contribution in [1.29, 1.82) is 0 Å². The molecule has 200 valence electrons. The molecule has 0 aliphatic carbocycles. The van der Waals surface area contributed by atoms with E-state index < -0.39 is 41.3 Å².